The summed E-state index contributed by atoms with van der Waals surface area (Å²) >= 11 is 6.47. The molecule has 1 aromatic carbocycles. The number of rotatable bonds is 7. The van der Waals surface area contributed by atoms with E-state index in [4.69, 9.17) is 26.8 Å². The number of hydrogen-bond acceptors (Lipinski definition) is 5. The molecule has 1 unspecified atom stereocenters. The molecule has 0 spiro atoms. The summed E-state index contributed by atoms with van der Waals surface area (Å²) < 4.78 is 11.2. The van der Waals surface area contributed by atoms with E-state index < -0.39 is 11.7 Å². The Balaban J connectivity index is 1.83. The van der Waals surface area contributed by atoms with E-state index >= 15 is 0 Å². The first-order valence-corrected chi connectivity index (χ1v) is 10.1. The number of pyridine rings is 1. The maximum atomic E-state index is 12.5. The van der Waals surface area contributed by atoms with Crippen molar-refractivity contribution in [1.82, 2.24) is 9.88 Å². The van der Waals surface area contributed by atoms with Gasteiger partial charge in [-0.1, -0.05) is 31.5 Å². The van der Waals surface area contributed by atoms with Crippen molar-refractivity contribution in [3.05, 3.63) is 46.7 Å². The van der Waals surface area contributed by atoms with Gasteiger partial charge in [-0.3, -0.25) is 9.78 Å². The number of halogens is 1. The second-order valence-corrected chi connectivity index (χ2v) is 8.65. The average Bonchev–Trinajstić information content (AvgIpc) is 2.93. The fraction of sp³-hybridized carbons (Fsp3) is 0.409. The normalized spacial score (nSPS) is 15.1. The van der Waals surface area contributed by atoms with Gasteiger partial charge in [0.25, 0.3) is 5.91 Å². The molecule has 2 N–H and O–H groups in total. The monoisotopic (exact) mass is 431 g/mol. The van der Waals surface area contributed by atoms with Crippen LogP contribution < -0.4 is 10.5 Å². The number of ether oxygens (including phenoxy) is 2. The van der Waals surface area contributed by atoms with Crippen LogP contribution in [-0.4, -0.2) is 41.1 Å². The molecule has 0 bridgehead atoms. The van der Waals surface area contributed by atoms with Crippen LogP contribution in [0.2, 0.25) is 5.02 Å². The van der Waals surface area contributed by atoms with Crippen LogP contribution in [0.15, 0.2) is 30.5 Å². The Bertz CT molecular complexity index is 979. The largest absolute Gasteiger partial charge is 0.488 e. The number of primary amides is 1. The van der Waals surface area contributed by atoms with Gasteiger partial charge in [0.15, 0.2) is 0 Å². The molecule has 3 rings (SSSR count). The smallest absolute Gasteiger partial charge is 0.405 e. The van der Waals surface area contributed by atoms with Crippen LogP contribution in [0.4, 0.5) is 4.79 Å². The van der Waals surface area contributed by atoms with Crippen molar-refractivity contribution in [3.8, 4) is 16.9 Å². The van der Waals surface area contributed by atoms with Crippen molar-refractivity contribution in [2.45, 2.75) is 39.3 Å². The van der Waals surface area contributed by atoms with Crippen LogP contribution in [0, 0.1) is 5.92 Å². The number of hydrogen-bond donors (Lipinski definition) is 1. The zero-order valence-corrected chi connectivity index (χ0v) is 18.3. The van der Waals surface area contributed by atoms with Gasteiger partial charge in [-0.15, -0.1) is 0 Å². The zero-order chi connectivity index (χ0) is 22.1. The topological polar surface area (TPSA) is 94.8 Å². The number of carbonyl (C=O) groups excluding carboxylic acids is 2. The first-order valence-electron chi connectivity index (χ1n) is 9.74. The second-order valence-electron chi connectivity index (χ2n) is 8.24. The van der Waals surface area contributed by atoms with Crippen LogP contribution in [0.3, 0.4) is 0 Å². The predicted molar refractivity (Wildman–Crippen MR) is 115 cm³/mol. The van der Waals surface area contributed by atoms with Gasteiger partial charge in [-0.05, 0) is 48.6 Å². The minimum atomic E-state index is -0.870. The van der Waals surface area contributed by atoms with E-state index in [9.17, 15) is 9.59 Å². The maximum Gasteiger partial charge on any atom is 0.405 e. The summed E-state index contributed by atoms with van der Waals surface area (Å²) in [5.74, 6) is 0.676. The fourth-order valence-corrected chi connectivity index (χ4v) is 4.08. The average molecular weight is 432 g/mol. The van der Waals surface area contributed by atoms with Gasteiger partial charge in [0.2, 0.25) is 0 Å². The van der Waals surface area contributed by atoms with E-state index in [1.165, 1.54) is 0 Å². The third-order valence-corrected chi connectivity index (χ3v) is 5.24. The molecule has 0 fully saturated rings. The maximum absolute atomic E-state index is 12.5. The molecule has 0 radical (unpaired) electrons. The van der Waals surface area contributed by atoms with Gasteiger partial charge in [-0.2, -0.15) is 0 Å². The van der Waals surface area contributed by atoms with Gasteiger partial charge >= 0.3 is 6.09 Å². The lowest BCUT2D eigenvalue weighted by Crippen LogP contribution is -2.41. The van der Waals surface area contributed by atoms with E-state index in [0.717, 1.165) is 16.8 Å². The summed E-state index contributed by atoms with van der Waals surface area (Å²) in [4.78, 5) is 29.8. The SMILES string of the molecule is CC(C)CC(C)(COc1ccc(-c2ccnc3c2C(=O)N(C)C3)cc1Cl)OC(N)=O. The number of amides is 2. The lowest BCUT2D eigenvalue weighted by Gasteiger charge is -2.30. The molecule has 160 valence electrons. The highest BCUT2D eigenvalue weighted by Gasteiger charge is 2.31. The molecular weight excluding hydrogens is 406 g/mol. The van der Waals surface area contributed by atoms with Gasteiger partial charge in [0.05, 0.1) is 22.8 Å². The zero-order valence-electron chi connectivity index (χ0n) is 17.6. The summed E-state index contributed by atoms with van der Waals surface area (Å²) in [6.07, 6.45) is 1.44. The summed E-state index contributed by atoms with van der Waals surface area (Å²) in [5.41, 5.74) is 7.29. The molecule has 1 atom stereocenters. The highest BCUT2D eigenvalue weighted by molar-refractivity contribution is 6.32. The molecule has 0 saturated carbocycles. The first-order chi connectivity index (χ1) is 14.1. The number of nitrogens with zero attached hydrogens (tertiary/aromatic N) is 2. The van der Waals surface area contributed by atoms with Crippen molar-refractivity contribution >= 4 is 23.6 Å². The highest BCUT2D eigenvalue weighted by Crippen LogP contribution is 2.35. The molecular formula is C22H26ClN3O4. The third-order valence-electron chi connectivity index (χ3n) is 4.94. The third kappa shape index (κ3) is 4.67. The van der Waals surface area contributed by atoms with E-state index in [0.29, 0.717) is 29.3 Å². The Hall–Kier alpha value is -2.80. The lowest BCUT2D eigenvalue weighted by atomic mass is 9.95. The predicted octanol–water partition coefficient (Wildman–Crippen LogP) is 4.27. The van der Waals surface area contributed by atoms with Crippen molar-refractivity contribution < 1.29 is 19.1 Å². The van der Waals surface area contributed by atoms with Crippen molar-refractivity contribution in [2.24, 2.45) is 11.7 Å². The van der Waals surface area contributed by atoms with Crippen molar-refractivity contribution in [3.63, 3.8) is 0 Å². The molecule has 0 saturated heterocycles. The molecule has 0 aliphatic carbocycles. The number of nitrogens with two attached hydrogens (primary N) is 1. The molecule has 8 heteroatoms. The minimum absolute atomic E-state index is 0.0578. The van der Waals surface area contributed by atoms with Crippen molar-refractivity contribution in [2.75, 3.05) is 13.7 Å². The van der Waals surface area contributed by atoms with E-state index in [1.807, 2.05) is 26.0 Å². The van der Waals surface area contributed by atoms with Gasteiger partial charge in [0, 0.05) is 13.2 Å². The second kappa shape index (κ2) is 8.52. The molecule has 7 nitrogen and oxygen atoms in total. The fourth-order valence-electron chi connectivity index (χ4n) is 3.84. The summed E-state index contributed by atoms with van der Waals surface area (Å²) in [5, 5.41) is 0.392. The summed E-state index contributed by atoms with van der Waals surface area (Å²) in [6.45, 7) is 6.43. The lowest BCUT2D eigenvalue weighted by molar-refractivity contribution is -0.0186. The summed E-state index contributed by atoms with van der Waals surface area (Å²) in [7, 11) is 1.75. The number of aromatic nitrogens is 1. The molecule has 30 heavy (non-hydrogen) atoms. The molecule has 2 aromatic rings. The Morgan fingerprint density at radius 2 is 2.10 bits per heavy atom. The van der Waals surface area contributed by atoms with Gasteiger partial charge < -0.3 is 20.1 Å². The van der Waals surface area contributed by atoms with Gasteiger partial charge in [-0.25, -0.2) is 4.79 Å². The Labute approximate surface area is 181 Å². The van der Waals surface area contributed by atoms with Gasteiger partial charge in [0.1, 0.15) is 18.0 Å². The van der Waals surface area contributed by atoms with E-state index in [2.05, 4.69) is 4.98 Å². The number of carbonyl (C=O) groups is 2. The van der Waals surface area contributed by atoms with Crippen LogP contribution in [0.25, 0.3) is 11.1 Å². The molecule has 2 amide bonds. The minimum Gasteiger partial charge on any atom is -0.488 e. The molecule has 2 heterocycles. The van der Waals surface area contributed by atoms with Crippen LogP contribution in [0.5, 0.6) is 5.75 Å². The van der Waals surface area contributed by atoms with E-state index in [1.54, 1.807) is 37.2 Å². The quantitative estimate of drug-likeness (QED) is 0.706. The molecule has 1 aliphatic rings. The van der Waals surface area contributed by atoms with Crippen LogP contribution >= 0.6 is 11.6 Å². The highest BCUT2D eigenvalue weighted by atomic mass is 35.5. The summed E-state index contributed by atoms with van der Waals surface area (Å²) in [6, 6.07) is 7.15. The first kappa shape index (κ1) is 21.9. The van der Waals surface area contributed by atoms with Crippen molar-refractivity contribution in [1.29, 1.82) is 0 Å². The number of benzene rings is 1. The van der Waals surface area contributed by atoms with Crippen LogP contribution in [-0.2, 0) is 11.3 Å². The molecule has 1 aliphatic heterocycles. The van der Waals surface area contributed by atoms with E-state index in [-0.39, 0.29) is 18.4 Å². The Morgan fingerprint density at radius 1 is 1.37 bits per heavy atom. The number of fused-ring (bicyclic) bond motifs is 1. The van der Waals surface area contributed by atoms with Crippen LogP contribution in [0.1, 0.15) is 43.2 Å². The molecule has 1 aromatic heterocycles. The standard InChI is InChI=1S/C22H26ClN3O4/c1-13(2)10-22(3,30-21(24)28)12-29-18-6-5-14(9-16(18)23)15-7-8-25-17-11-26(4)20(27)19(15)17/h5-9,13H,10-12H2,1-4H3,(H2,24,28). The Kier molecular flexibility index (Phi) is 6.22. The Morgan fingerprint density at radius 3 is 2.73 bits per heavy atom.